The molecule has 0 bridgehead atoms. The van der Waals surface area contributed by atoms with Crippen LogP contribution >= 0.6 is 0 Å². The van der Waals surface area contributed by atoms with Crippen LogP contribution in [0.5, 0.6) is 5.75 Å². The molecule has 0 saturated carbocycles. The maximum Gasteiger partial charge on any atom is 0.182 e. The van der Waals surface area contributed by atoms with Crippen molar-refractivity contribution in [3.8, 4) is 34.2 Å². The summed E-state index contributed by atoms with van der Waals surface area (Å²) >= 11 is 0. The van der Waals surface area contributed by atoms with Crippen LogP contribution in [0.25, 0.3) is 39.2 Å². The van der Waals surface area contributed by atoms with E-state index in [4.69, 9.17) is 10.1 Å². The third-order valence-electron chi connectivity index (χ3n) is 4.78. The second kappa shape index (κ2) is 6.67. The van der Waals surface area contributed by atoms with Gasteiger partial charge in [-0.25, -0.2) is 9.67 Å². The summed E-state index contributed by atoms with van der Waals surface area (Å²) in [5.74, 6) is 1.47. The molecule has 134 valence electrons. The maximum absolute atomic E-state index is 10.4. The minimum atomic E-state index is 0.161. The second-order valence-electron chi connectivity index (χ2n) is 6.55. The number of fused-ring (bicyclic) bond motifs is 1. The van der Waals surface area contributed by atoms with Crippen LogP contribution in [0.15, 0.2) is 97.1 Å². The van der Waals surface area contributed by atoms with Gasteiger partial charge in [0.05, 0.1) is 0 Å². The van der Waals surface area contributed by atoms with Crippen molar-refractivity contribution in [1.29, 1.82) is 0 Å². The van der Waals surface area contributed by atoms with Gasteiger partial charge in [0.25, 0.3) is 0 Å². The zero-order valence-electron chi connectivity index (χ0n) is 15.0. The van der Waals surface area contributed by atoms with Crippen LogP contribution in [0, 0.1) is 0 Å². The highest BCUT2D eigenvalue weighted by molar-refractivity contribution is 5.95. The van der Waals surface area contributed by atoms with Gasteiger partial charge in [0.15, 0.2) is 11.6 Å². The summed E-state index contributed by atoms with van der Waals surface area (Å²) in [6, 6.07) is 31.4. The Kier molecular flexibility index (Phi) is 3.87. The van der Waals surface area contributed by atoms with Gasteiger partial charge in [-0.2, -0.15) is 0 Å². The number of aromatic hydroxyl groups is 1. The molecule has 4 aromatic carbocycles. The van der Waals surface area contributed by atoms with Crippen molar-refractivity contribution in [2.45, 2.75) is 0 Å². The molecule has 5 rings (SSSR count). The SMILES string of the molecule is Oc1ccccc1-n1nc(-c2cccc3ccccc23)nc1-c1ccccc1. The Labute approximate surface area is 162 Å². The van der Waals surface area contributed by atoms with Gasteiger partial charge in [0.2, 0.25) is 0 Å². The van der Waals surface area contributed by atoms with Crippen molar-refractivity contribution in [2.75, 3.05) is 0 Å². The number of aromatic nitrogens is 3. The van der Waals surface area contributed by atoms with Crippen LogP contribution in [0.3, 0.4) is 0 Å². The molecule has 0 aliphatic heterocycles. The topological polar surface area (TPSA) is 50.9 Å². The quantitative estimate of drug-likeness (QED) is 0.463. The minimum Gasteiger partial charge on any atom is -0.506 e. The highest BCUT2D eigenvalue weighted by atomic mass is 16.3. The molecule has 4 nitrogen and oxygen atoms in total. The first-order chi connectivity index (χ1) is 13.8. The van der Waals surface area contributed by atoms with Gasteiger partial charge in [-0.05, 0) is 22.9 Å². The number of phenols is 1. The maximum atomic E-state index is 10.4. The summed E-state index contributed by atoms with van der Waals surface area (Å²) in [5.41, 5.74) is 2.49. The first kappa shape index (κ1) is 16.3. The van der Waals surface area contributed by atoms with E-state index >= 15 is 0 Å². The number of benzene rings is 4. The lowest BCUT2D eigenvalue weighted by Crippen LogP contribution is -2.00. The fourth-order valence-corrected chi connectivity index (χ4v) is 3.43. The average molecular weight is 363 g/mol. The first-order valence-corrected chi connectivity index (χ1v) is 9.10. The monoisotopic (exact) mass is 363 g/mol. The Balaban J connectivity index is 1.78. The van der Waals surface area contributed by atoms with Crippen molar-refractivity contribution in [3.63, 3.8) is 0 Å². The van der Waals surface area contributed by atoms with Gasteiger partial charge in [0, 0.05) is 11.1 Å². The van der Waals surface area contributed by atoms with Crippen LogP contribution in [-0.2, 0) is 0 Å². The fourth-order valence-electron chi connectivity index (χ4n) is 3.43. The summed E-state index contributed by atoms with van der Waals surface area (Å²) in [6.07, 6.45) is 0. The lowest BCUT2D eigenvalue weighted by molar-refractivity contribution is 0.470. The van der Waals surface area contributed by atoms with Crippen molar-refractivity contribution in [1.82, 2.24) is 14.8 Å². The second-order valence-corrected chi connectivity index (χ2v) is 6.55. The Morgan fingerprint density at radius 1 is 0.679 bits per heavy atom. The lowest BCUT2D eigenvalue weighted by Gasteiger charge is -2.07. The van der Waals surface area contributed by atoms with Gasteiger partial charge in [0.1, 0.15) is 11.4 Å². The van der Waals surface area contributed by atoms with Gasteiger partial charge in [-0.15, -0.1) is 5.10 Å². The molecule has 1 N–H and O–H groups in total. The van der Waals surface area contributed by atoms with E-state index < -0.39 is 0 Å². The number of rotatable bonds is 3. The molecular weight excluding hydrogens is 346 g/mol. The summed E-state index contributed by atoms with van der Waals surface area (Å²) in [4.78, 5) is 4.86. The Hall–Kier alpha value is -3.92. The number of nitrogens with zero attached hydrogens (tertiary/aromatic N) is 3. The highest BCUT2D eigenvalue weighted by Crippen LogP contribution is 2.31. The van der Waals surface area contributed by atoms with Crippen LogP contribution in [-0.4, -0.2) is 19.9 Å². The van der Waals surface area contributed by atoms with Gasteiger partial charge >= 0.3 is 0 Å². The number of hydrogen-bond donors (Lipinski definition) is 1. The van der Waals surface area contributed by atoms with Gasteiger partial charge < -0.3 is 5.11 Å². The molecule has 0 saturated heterocycles. The van der Waals surface area contributed by atoms with Crippen LogP contribution in [0.4, 0.5) is 0 Å². The number of para-hydroxylation sites is 2. The Morgan fingerprint density at radius 2 is 1.39 bits per heavy atom. The summed E-state index contributed by atoms with van der Waals surface area (Å²) in [7, 11) is 0. The highest BCUT2D eigenvalue weighted by Gasteiger charge is 2.18. The van der Waals surface area contributed by atoms with E-state index in [9.17, 15) is 5.11 Å². The molecule has 0 unspecified atom stereocenters. The van der Waals surface area contributed by atoms with Crippen molar-refractivity contribution in [3.05, 3.63) is 97.1 Å². The zero-order chi connectivity index (χ0) is 18.9. The molecule has 0 aliphatic carbocycles. The third-order valence-corrected chi connectivity index (χ3v) is 4.78. The van der Waals surface area contributed by atoms with Gasteiger partial charge in [-0.3, -0.25) is 0 Å². The fraction of sp³-hybridized carbons (Fsp3) is 0. The Morgan fingerprint density at radius 3 is 2.25 bits per heavy atom. The first-order valence-electron chi connectivity index (χ1n) is 9.10. The Bertz CT molecular complexity index is 1270. The van der Waals surface area contributed by atoms with Crippen LogP contribution < -0.4 is 0 Å². The molecule has 5 aromatic rings. The van der Waals surface area contributed by atoms with Crippen molar-refractivity contribution in [2.24, 2.45) is 0 Å². The smallest absolute Gasteiger partial charge is 0.182 e. The molecule has 0 fully saturated rings. The van der Waals surface area contributed by atoms with E-state index in [1.165, 1.54) is 0 Å². The largest absolute Gasteiger partial charge is 0.506 e. The van der Waals surface area contributed by atoms with E-state index in [2.05, 4.69) is 18.2 Å². The molecule has 0 amide bonds. The van der Waals surface area contributed by atoms with Gasteiger partial charge in [-0.1, -0.05) is 84.9 Å². The average Bonchev–Trinajstić information content (AvgIpc) is 3.19. The molecule has 0 aliphatic rings. The van der Waals surface area contributed by atoms with Crippen molar-refractivity contribution < 1.29 is 5.11 Å². The molecule has 0 spiro atoms. The standard InChI is InChI=1S/C24H17N3O/c28-22-16-7-6-15-21(22)27-24(18-10-2-1-3-11-18)25-23(26-27)20-14-8-12-17-9-4-5-13-19(17)20/h1-16,28H. The summed E-state index contributed by atoms with van der Waals surface area (Å²) < 4.78 is 1.71. The predicted octanol–water partition coefficient (Wildman–Crippen LogP) is 5.46. The third kappa shape index (κ3) is 2.72. The summed E-state index contributed by atoms with van der Waals surface area (Å²) in [6.45, 7) is 0. The van der Waals surface area contributed by atoms with E-state index in [0.717, 1.165) is 21.9 Å². The normalized spacial score (nSPS) is 11.0. The summed E-state index contributed by atoms with van der Waals surface area (Å²) in [5, 5.41) is 17.4. The van der Waals surface area contributed by atoms with Crippen LogP contribution in [0.1, 0.15) is 0 Å². The lowest BCUT2D eigenvalue weighted by atomic mass is 10.0. The molecule has 4 heteroatoms. The van der Waals surface area contributed by atoms with E-state index in [1.807, 2.05) is 66.7 Å². The molecular formula is C24H17N3O. The predicted molar refractivity (Wildman–Crippen MR) is 111 cm³/mol. The molecule has 0 radical (unpaired) electrons. The van der Waals surface area contributed by atoms with E-state index in [0.29, 0.717) is 17.3 Å². The van der Waals surface area contributed by atoms with Crippen molar-refractivity contribution >= 4 is 10.8 Å². The molecule has 1 heterocycles. The van der Waals surface area contributed by atoms with E-state index in [1.54, 1.807) is 16.8 Å². The zero-order valence-corrected chi connectivity index (χ0v) is 15.0. The molecule has 1 aromatic heterocycles. The van der Waals surface area contributed by atoms with Crippen LogP contribution in [0.2, 0.25) is 0 Å². The number of hydrogen-bond acceptors (Lipinski definition) is 3. The minimum absolute atomic E-state index is 0.161. The molecule has 0 atom stereocenters. The molecule has 28 heavy (non-hydrogen) atoms. The van der Waals surface area contributed by atoms with E-state index in [-0.39, 0.29) is 5.75 Å². The number of phenolic OH excluding ortho intramolecular Hbond substituents is 1.